The van der Waals surface area contributed by atoms with Gasteiger partial charge in [-0.1, -0.05) is 11.6 Å². The smallest absolute Gasteiger partial charge is 0.174 e. The maximum atomic E-state index is 12.7. The number of hydrogen-bond donors (Lipinski definition) is 0. The molecule has 62 valence electrons. The summed E-state index contributed by atoms with van der Waals surface area (Å²) in [6.45, 7) is 0. The van der Waals surface area contributed by atoms with Gasteiger partial charge >= 0.3 is 0 Å². The van der Waals surface area contributed by atoms with Crippen LogP contribution in [0.3, 0.4) is 0 Å². The molecule has 0 bridgehead atoms. The molecule has 5 heteroatoms. The van der Waals surface area contributed by atoms with E-state index in [1.165, 1.54) is 0 Å². The van der Waals surface area contributed by atoms with E-state index in [4.69, 9.17) is 16.9 Å². The quantitative estimate of drug-likeness (QED) is 0.513. The minimum Gasteiger partial charge on any atom is -0.204 e. The summed E-state index contributed by atoms with van der Waals surface area (Å²) in [5, 5.41) is 8.30. The predicted molar refractivity (Wildman–Crippen MR) is 43.8 cm³/mol. The highest BCUT2D eigenvalue weighted by Gasteiger charge is 2.14. The Morgan fingerprint density at radius 3 is 2.58 bits per heavy atom. The van der Waals surface area contributed by atoms with Crippen molar-refractivity contribution in [1.29, 1.82) is 5.26 Å². The molecular weight excluding hydrogens is 251 g/mol. The molecule has 1 aromatic carbocycles. The van der Waals surface area contributed by atoms with Crippen molar-refractivity contribution in [1.82, 2.24) is 0 Å². The monoisotopic (exact) mass is 251 g/mol. The second-order valence-corrected chi connectivity index (χ2v) is 3.13. The van der Waals surface area contributed by atoms with Gasteiger partial charge in [-0.25, -0.2) is 8.78 Å². The number of benzene rings is 1. The van der Waals surface area contributed by atoms with E-state index in [0.717, 1.165) is 6.07 Å². The van der Waals surface area contributed by atoms with Gasteiger partial charge in [0.15, 0.2) is 11.6 Å². The molecule has 1 nitrogen and oxygen atoms in total. The average molecular weight is 252 g/mol. The van der Waals surface area contributed by atoms with Crippen LogP contribution >= 0.6 is 27.5 Å². The third kappa shape index (κ3) is 1.43. The third-order valence-corrected chi connectivity index (χ3v) is 2.59. The molecule has 0 aliphatic carbocycles. The summed E-state index contributed by atoms with van der Waals surface area (Å²) < 4.78 is 25.1. The lowest BCUT2D eigenvalue weighted by molar-refractivity contribution is 0.504. The number of nitrogens with zero attached hydrogens (tertiary/aromatic N) is 1. The maximum absolute atomic E-state index is 12.7. The zero-order valence-electron chi connectivity index (χ0n) is 5.54. The van der Waals surface area contributed by atoms with Crippen LogP contribution < -0.4 is 0 Å². The minimum absolute atomic E-state index is 0.0950. The molecule has 0 fully saturated rings. The normalized spacial score (nSPS) is 9.58. The molecular formula is C7HBrClF2N. The van der Waals surface area contributed by atoms with Crippen LogP contribution in [0.1, 0.15) is 5.56 Å². The second kappa shape index (κ2) is 3.38. The van der Waals surface area contributed by atoms with Crippen LogP contribution in [0.2, 0.25) is 5.02 Å². The molecule has 0 saturated heterocycles. The molecule has 0 unspecified atom stereocenters. The van der Waals surface area contributed by atoms with Gasteiger partial charge in [0.2, 0.25) is 0 Å². The van der Waals surface area contributed by atoms with E-state index in [9.17, 15) is 8.78 Å². The Balaban J connectivity index is 3.52. The van der Waals surface area contributed by atoms with Crippen molar-refractivity contribution in [3.05, 3.63) is 32.8 Å². The van der Waals surface area contributed by atoms with Gasteiger partial charge in [-0.2, -0.15) is 5.26 Å². The molecule has 0 heterocycles. The van der Waals surface area contributed by atoms with Gasteiger partial charge in [0.25, 0.3) is 0 Å². The van der Waals surface area contributed by atoms with Crippen LogP contribution in [-0.2, 0) is 0 Å². The van der Waals surface area contributed by atoms with Gasteiger partial charge in [0.1, 0.15) is 6.07 Å². The minimum atomic E-state index is -1.09. The Hall–Kier alpha value is -0.660. The molecule has 0 aliphatic rings. The standard InChI is InChI=1S/C7HBrClF2N/c8-5-6(9)3(2-12)1-4(10)7(5)11/h1H. The summed E-state index contributed by atoms with van der Waals surface area (Å²) in [5.41, 5.74) is -0.0950. The van der Waals surface area contributed by atoms with Gasteiger partial charge in [0.05, 0.1) is 15.1 Å². The molecule has 1 rings (SSSR count). The first-order chi connectivity index (χ1) is 5.57. The Bertz CT molecular complexity index is 373. The van der Waals surface area contributed by atoms with Crippen LogP contribution in [0, 0.1) is 23.0 Å². The first-order valence-electron chi connectivity index (χ1n) is 2.81. The Kier molecular flexibility index (Phi) is 2.65. The van der Waals surface area contributed by atoms with Crippen LogP contribution in [0.4, 0.5) is 8.78 Å². The van der Waals surface area contributed by atoms with E-state index in [2.05, 4.69) is 15.9 Å². The number of halogens is 4. The Labute approximate surface area is 80.7 Å². The van der Waals surface area contributed by atoms with Crippen LogP contribution in [0.15, 0.2) is 10.5 Å². The number of nitriles is 1. The summed E-state index contributed by atoms with van der Waals surface area (Å²) in [6, 6.07) is 2.39. The highest BCUT2D eigenvalue weighted by atomic mass is 79.9. The van der Waals surface area contributed by atoms with Crippen LogP contribution in [0.25, 0.3) is 0 Å². The third-order valence-electron chi connectivity index (χ3n) is 1.22. The van der Waals surface area contributed by atoms with Gasteiger partial charge in [-0.3, -0.25) is 0 Å². The largest absolute Gasteiger partial charge is 0.204 e. The highest BCUT2D eigenvalue weighted by Crippen LogP contribution is 2.30. The molecule has 0 atom stereocenters. The highest BCUT2D eigenvalue weighted by molar-refractivity contribution is 9.10. The fourth-order valence-electron chi connectivity index (χ4n) is 0.654. The molecule has 0 saturated carbocycles. The van der Waals surface area contributed by atoms with Crippen LogP contribution in [-0.4, -0.2) is 0 Å². The van der Waals surface area contributed by atoms with E-state index in [1.807, 2.05) is 0 Å². The van der Waals surface area contributed by atoms with Crippen molar-refractivity contribution in [2.75, 3.05) is 0 Å². The van der Waals surface area contributed by atoms with Gasteiger partial charge in [-0.05, 0) is 22.0 Å². The molecule has 1 aromatic rings. The number of rotatable bonds is 0. The lowest BCUT2D eigenvalue weighted by atomic mass is 10.2. The zero-order chi connectivity index (χ0) is 9.30. The maximum Gasteiger partial charge on any atom is 0.174 e. The van der Waals surface area contributed by atoms with Crippen molar-refractivity contribution in [3.8, 4) is 6.07 Å². The van der Waals surface area contributed by atoms with Gasteiger partial charge in [0, 0.05) is 0 Å². The average Bonchev–Trinajstić information content (AvgIpc) is 2.08. The summed E-state index contributed by atoms with van der Waals surface area (Å²) >= 11 is 8.22. The molecule has 0 spiro atoms. The van der Waals surface area contributed by atoms with Gasteiger partial charge < -0.3 is 0 Å². The van der Waals surface area contributed by atoms with Crippen LogP contribution in [0.5, 0.6) is 0 Å². The summed E-state index contributed by atoms with van der Waals surface area (Å²) in [7, 11) is 0. The lowest BCUT2D eigenvalue weighted by Gasteiger charge is -2.00. The van der Waals surface area contributed by atoms with Crippen molar-refractivity contribution >= 4 is 27.5 Å². The molecule has 0 amide bonds. The van der Waals surface area contributed by atoms with Crippen molar-refractivity contribution in [2.24, 2.45) is 0 Å². The zero-order valence-corrected chi connectivity index (χ0v) is 7.88. The molecule has 12 heavy (non-hydrogen) atoms. The van der Waals surface area contributed by atoms with Crippen molar-refractivity contribution in [2.45, 2.75) is 0 Å². The van der Waals surface area contributed by atoms with Gasteiger partial charge in [-0.15, -0.1) is 0 Å². The summed E-state index contributed by atoms with van der Waals surface area (Å²) in [4.78, 5) is 0. The fraction of sp³-hybridized carbons (Fsp3) is 0. The molecule has 0 radical (unpaired) electrons. The lowest BCUT2D eigenvalue weighted by Crippen LogP contribution is -1.90. The van der Waals surface area contributed by atoms with E-state index in [0.29, 0.717) is 0 Å². The summed E-state index contributed by atoms with van der Waals surface area (Å²) in [5.74, 6) is -2.18. The number of hydrogen-bond acceptors (Lipinski definition) is 1. The Morgan fingerprint density at radius 1 is 1.50 bits per heavy atom. The Morgan fingerprint density at radius 2 is 2.08 bits per heavy atom. The van der Waals surface area contributed by atoms with Crippen molar-refractivity contribution in [3.63, 3.8) is 0 Å². The second-order valence-electron chi connectivity index (χ2n) is 1.96. The fourth-order valence-corrected chi connectivity index (χ4v) is 1.24. The first-order valence-corrected chi connectivity index (χ1v) is 3.98. The molecule has 0 N–H and O–H groups in total. The van der Waals surface area contributed by atoms with Crippen molar-refractivity contribution < 1.29 is 8.78 Å². The predicted octanol–water partition coefficient (Wildman–Crippen LogP) is 3.25. The SMILES string of the molecule is N#Cc1cc(F)c(F)c(Br)c1Cl. The summed E-state index contributed by atoms with van der Waals surface area (Å²) in [6.07, 6.45) is 0. The molecule has 0 aromatic heterocycles. The van der Waals surface area contributed by atoms with E-state index < -0.39 is 11.6 Å². The van der Waals surface area contributed by atoms with E-state index in [1.54, 1.807) is 6.07 Å². The first kappa shape index (κ1) is 9.43. The van der Waals surface area contributed by atoms with E-state index >= 15 is 0 Å². The van der Waals surface area contributed by atoms with E-state index in [-0.39, 0.29) is 15.1 Å². The topological polar surface area (TPSA) is 23.8 Å². The molecule has 0 aliphatic heterocycles.